The molecule has 0 bridgehead atoms. The van der Waals surface area contributed by atoms with E-state index in [0.717, 1.165) is 5.56 Å². The number of halogens is 1. The second kappa shape index (κ2) is 9.75. The summed E-state index contributed by atoms with van der Waals surface area (Å²) in [7, 11) is 1.55. The SMILES string of the molecule is CC(=O)Nc1ccc(Cl)cc1NCC(=O)N(C)CC(=O)Nc1ccc(C)cc1. The van der Waals surface area contributed by atoms with Crippen molar-refractivity contribution in [1.29, 1.82) is 0 Å². The number of aryl methyl sites for hydroxylation is 1. The van der Waals surface area contributed by atoms with Crippen molar-refractivity contribution < 1.29 is 14.4 Å². The van der Waals surface area contributed by atoms with Crippen molar-refractivity contribution in [3.63, 3.8) is 0 Å². The lowest BCUT2D eigenvalue weighted by Gasteiger charge is -2.18. The van der Waals surface area contributed by atoms with E-state index in [1.807, 2.05) is 19.1 Å². The van der Waals surface area contributed by atoms with Gasteiger partial charge in [-0.25, -0.2) is 0 Å². The van der Waals surface area contributed by atoms with Gasteiger partial charge in [-0.3, -0.25) is 14.4 Å². The highest BCUT2D eigenvalue weighted by atomic mass is 35.5. The summed E-state index contributed by atoms with van der Waals surface area (Å²) in [5, 5.41) is 8.83. The molecule has 2 rings (SSSR count). The predicted molar refractivity (Wildman–Crippen MR) is 112 cm³/mol. The van der Waals surface area contributed by atoms with Gasteiger partial charge in [-0.05, 0) is 37.3 Å². The van der Waals surface area contributed by atoms with Crippen LogP contribution in [0.4, 0.5) is 17.1 Å². The van der Waals surface area contributed by atoms with Crippen molar-refractivity contribution in [3.05, 3.63) is 53.1 Å². The van der Waals surface area contributed by atoms with E-state index < -0.39 is 0 Å². The van der Waals surface area contributed by atoms with Gasteiger partial charge in [0.25, 0.3) is 0 Å². The summed E-state index contributed by atoms with van der Waals surface area (Å²) >= 11 is 5.99. The number of benzene rings is 2. The Morgan fingerprint density at radius 1 is 1.00 bits per heavy atom. The molecule has 28 heavy (non-hydrogen) atoms. The van der Waals surface area contributed by atoms with E-state index in [1.165, 1.54) is 11.8 Å². The van der Waals surface area contributed by atoms with Crippen LogP contribution in [0.15, 0.2) is 42.5 Å². The molecule has 0 aliphatic heterocycles. The first-order valence-corrected chi connectivity index (χ1v) is 9.04. The lowest BCUT2D eigenvalue weighted by molar-refractivity contribution is -0.131. The summed E-state index contributed by atoms with van der Waals surface area (Å²) in [5.74, 6) is -0.809. The number of amides is 3. The van der Waals surface area contributed by atoms with E-state index in [0.29, 0.717) is 22.1 Å². The third-order valence-electron chi connectivity index (χ3n) is 3.86. The summed E-state index contributed by atoms with van der Waals surface area (Å²) in [4.78, 5) is 37.1. The van der Waals surface area contributed by atoms with E-state index in [4.69, 9.17) is 11.6 Å². The number of carbonyl (C=O) groups excluding carboxylic acids is 3. The summed E-state index contributed by atoms with van der Waals surface area (Å²) in [5.41, 5.74) is 2.81. The second-order valence-corrected chi connectivity index (χ2v) is 6.83. The molecule has 3 N–H and O–H groups in total. The molecule has 0 spiro atoms. The molecule has 0 aliphatic carbocycles. The van der Waals surface area contributed by atoms with Crippen LogP contribution < -0.4 is 16.0 Å². The van der Waals surface area contributed by atoms with Gasteiger partial charge < -0.3 is 20.9 Å². The Kier molecular flexibility index (Phi) is 7.40. The van der Waals surface area contributed by atoms with Crippen LogP contribution in [0.1, 0.15) is 12.5 Å². The Hall–Kier alpha value is -3.06. The maximum absolute atomic E-state index is 12.3. The fraction of sp³-hybridized carbons (Fsp3) is 0.250. The van der Waals surface area contributed by atoms with Crippen molar-refractivity contribution in [3.8, 4) is 0 Å². The Balaban J connectivity index is 1.90. The summed E-state index contributed by atoms with van der Waals surface area (Å²) < 4.78 is 0. The number of hydrogen-bond acceptors (Lipinski definition) is 4. The molecule has 2 aromatic carbocycles. The molecule has 0 radical (unpaired) electrons. The van der Waals surface area contributed by atoms with Crippen LogP contribution in [-0.4, -0.2) is 42.8 Å². The van der Waals surface area contributed by atoms with Crippen molar-refractivity contribution >= 4 is 46.4 Å². The minimum Gasteiger partial charge on any atom is -0.374 e. The average Bonchev–Trinajstić information content (AvgIpc) is 2.63. The molecule has 0 atom stereocenters. The lowest BCUT2D eigenvalue weighted by Crippen LogP contribution is -2.38. The maximum atomic E-state index is 12.3. The van der Waals surface area contributed by atoms with Crippen LogP contribution >= 0.6 is 11.6 Å². The smallest absolute Gasteiger partial charge is 0.243 e. The van der Waals surface area contributed by atoms with Crippen molar-refractivity contribution in [2.75, 3.05) is 36.1 Å². The number of anilines is 3. The summed E-state index contributed by atoms with van der Waals surface area (Å²) in [6, 6.07) is 12.3. The molecule has 148 valence electrons. The van der Waals surface area contributed by atoms with E-state index in [1.54, 1.807) is 37.4 Å². The van der Waals surface area contributed by atoms with Crippen LogP contribution in [0.5, 0.6) is 0 Å². The highest BCUT2D eigenvalue weighted by Gasteiger charge is 2.14. The van der Waals surface area contributed by atoms with Crippen molar-refractivity contribution in [1.82, 2.24) is 4.90 Å². The zero-order valence-corrected chi connectivity index (χ0v) is 16.8. The Morgan fingerprint density at radius 3 is 2.32 bits per heavy atom. The molecule has 0 unspecified atom stereocenters. The first-order chi connectivity index (χ1) is 13.2. The number of nitrogens with zero attached hydrogens (tertiary/aromatic N) is 1. The Morgan fingerprint density at radius 2 is 1.68 bits per heavy atom. The molecule has 0 saturated carbocycles. The van der Waals surface area contributed by atoms with Gasteiger partial charge in [-0.1, -0.05) is 29.3 Å². The monoisotopic (exact) mass is 402 g/mol. The Bertz CT molecular complexity index is 868. The number of carbonyl (C=O) groups is 3. The van der Waals surface area contributed by atoms with Gasteiger partial charge in [-0.2, -0.15) is 0 Å². The zero-order chi connectivity index (χ0) is 20.7. The van der Waals surface area contributed by atoms with E-state index in [2.05, 4.69) is 16.0 Å². The van der Waals surface area contributed by atoms with Crippen molar-refractivity contribution in [2.45, 2.75) is 13.8 Å². The Labute approximate surface area is 169 Å². The quantitative estimate of drug-likeness (QED) is 0.663. The molecule has 3 amide bonds. The average molecular weight is 403 g/mol. The lowest BCUT2D eigenvalue weighted by atomic mass is 10.2. The first-order valence-electron chi connectivity index (χ1n) is 8.66. The molecular weight excluding hydrogens is 380 g/mol. The maximum Gasteiger partial charge on any atom is 0.243 e. The fourth-order valence-corrected chi connectivity index (χ4v) is 2.58. The first kappa shape index (κ1) is 21.2. The summed E-state index contributed by atoms with van der Waals surface area (Å²) in [6.07, 6.45) is 0. The highest BCUT2D eigenvalue weighted by molar-refractivity contribution is 6.31. The van der Waals surface area contributed by atoms with Gasteiger partial charge in [0.05, 0.1) is 24.5 Å². The molecule has 0 fully saturated rings. The molecule has 0 saturated heterocycles. The normalized spacial score (nSPS) is 10.1. The van der Waals surface area contributed by atoms with Crippen LogP contribution in [0.3, 0.4) is 0 Å². The predicted octanol–water partition coefficient (Wildman–Crippen LogP) is 3.12. The van der Waals surface area contributed by atoms with Gasteiger partial charge in [0, 0.05) is 24.7 Å². The number of nitrogens with one attached hydrogen (secondary N) is 3. The van der Waals surface area contributed by atoms with Crippen LogP contribution in [0.2, 0.25) is 5.02 Å². The number of rotatable bonds is 7. The largest absolute Gasteiger partial charge is 0.374 e. The number of hydrogen-bond donors (Lipinski definition) is 3. The molecule has 0 heterocycles. The summed E-state index contributed by atoms with van der Waals surface area (Å²) in [6.45, 7) is 3.22. The third-order valence-corrected chi connectivity index (χ3v) is 4.10. The highest BCUT2D eigenvalue weighted by Crippen LogP contribution is 2.25. The molecule has 0 aliphatic rings. The topological polar surface area (TPSA) is 90.5 Å². The van der Waals surface area contributed by atoms with Crippen molar-refractivity contribution in [2.24, 2.45) is 0 Å². The van der Waals surface area contributed by atoms with E-state index in [-0.39, 0.29) is 30.8 Å². The number of likely N-dealkylation sites (N-methyl/N-ethyl adjacent to an activating group) is 1. The molecular formula is C20H23ClN4O3. The third kappa shape index (κ3) is 6.59. The molecule has 2 aromatic rings. The molecule has 0 aromatic heterocycles. The zero-order valence-electron chi connectivity index (χ0n) is 16.0. The fourth-order valence-electron chi connectivity index (χ4n) is 2.41. The standard InChI is InChI=1S/C20H23ClN4O3/c1-13-4-7-16(8-5-13)24-19(27)12-25(3)20(28)11-22-18-10-15(21)6-9-17(18)23-14(2)26/h4-10,22H,11-12H2,1-3H3,(H,23,26)(H,24,27). The van der Waals surface area contributed by atoms with Crippen LogP contribution in [0.25, 0.3) is 0 Å². The molecule has 7 nitrogen and oxygen atoms in total. The van der Waals surface area contributed by atoms with Gasteiger partial charge in [0.2, 0.25) is 17.7 Å². The van der Waals surface area contributed by atoms with Crippen LogP contribution in [-0.2, 0) is 14.4 Å². The van der Waals surface area contributed by atoms with Gasteiger partial charge in [0.1, 0.15) is 0 Å². The van der Waals surface area contributed by atoms with Gasteiger partial charge >= 0.3 is 0 Å². The van der Waals surface area contributed by atoms with Gasteiger partial charge in [0.15, 0.2) is 0 Å². The minimum absolute atomic E-state index is 0.0543. The van der Waals surface area contributed by atoms with Gasteiger partial charge in [-0.15, -0.1) is 0 Å². The van der Waals surface area contributed by atoms with E-state index >= 15 is 0 Å². The second-order valence-electron chi connectivity index (χ2n) is 6.39. The van der Waals surface area contributed by atoms with E-state index in [9.17, 15) is 14.4 Å². The molecule has 8 heteroatoms. The van der Waals surface area contributed by atoms with Crippen LogP contribution in [0, 0.1) is 6.92 Å². The minimum atomic E-state index is -0.290.